The number of nitrogens with zero attached hydrogens (tertiary/aromatic N) is 3. The molecule has 0 aromatic heterocycles. The van der Waals surface area contributed by atoms with Gasteiger partial charge in [-0.3, -0.25) is 9.59 Å². The van der Waals surface area contributed by atoms with Crippen LogP contribution in [-0.4, -0.2) is 66.6 Å². The van der Waals surface area contributed by atoms with Gasteiger partial charge in [0.15, 0.2) is 0 Å². The summed E-state index contributed by atoms with van der Waals surface area (Å²) in [6, 6.07) is 12.4. The summed E-state index contributed by atoms with van der Waals surface area (Å²) in [7, 11) is -3.98. The average Bonchev–Trinajstić information content (AvgIpc) is 2.78. The zero-order valence-electron chi connectivity index (χ0n) is 17.2. The van der Waals surface area contributed by atoms with Gasteiger partial charge in [0, 0.05) is 46.1 Å². The van der Waals surface area contributed by atoms with Gasteiger partial charge in [0.25, 0.3) is 0 Å². The molecule has 2 amide bonds. The number of carbonyl (C=O) groups is 2. The summed E-state index contributed by atoms with van der Waals surface area (Å²) in [4.78, 5) is 28.3. The van der Waals surface area contributed by atoms with Gasteiger partial charge in [-0.1, -0.05) is 36.4 Å². The molecule has 0 aliphatic carbocycles. The van der Waals surface area contributed by atoms with Crippen molar-refractivity contribution < 1.29 is 22.4 Å². The standard InChI is InChI=1S/C22H24FN3O4S/c1-16(27)26-15-18-7-3-2-6-17(18)14-20(26)22(28)24-10-12-25(13-11-24)31(29,30)21-9-5-4-8-19(21)23/h2-9,20H,10-15H2,1H3/t20-/m0/s1. The molecule has 2 aliphatic heterocycles. The summed E-state index contributed by atoms with van der Waals surface area (Å²) in [5, 5.41) is 0. The van der Waals surface area contributed by atoms with Crippen LogP contribution in [0.25, 0.3) is 0 Å². The quantitative estimate of drug-likeness (QED) is 0.720. The summed E-state index contributed by atoms with van der Waals surface area (Å²) >= 11 is 0. The summed E-state index contributed by atoms with van der Waals surface area (Å²) < 4.78 is 40.8. The molecule has 0 saturated carbocycles. The molecule has 2 heterocycles. The molecule has 0 unspecified atom stereocenters. The molecule has 164 valence electrons. The number of rotatable bonds is 3. The molecule has 31 heavy (non-hydrogen) atoms. The molecule has 1 fully saturated rings. The van der Waals surface area contributed by atoms with Gasteiger partial charge in [-0.25, -0.2) is 12.8 Å². The van der Waals surface area contributed by atoms with E-state index in [1.807, 2.05) is 24.3 Å². The van der Waals surface area contributed by atoms with Crippen LogP contribution in [0.1, 0.15) is 18.1 Å². The Bertz CT molecular complexity index is 1110. The lowest BCUT2D eigenvalue weighted by molar-refractivity contribution is -0.146. The van der Waals surface area contributed by atoms with Crippen LogP contribution in [0.3, 0.4) is 0 Å². The highest BCUT2D eigenvalue weighted by Crippen LogP contribution is 2.26. The molecule has 7 nitrogen and oxygen atoms in total. The third kappa shape index (κ3) is 4.07. The molecular formula is C22H24FN3O4S. The number of halogens is 1. The normalized spacial score (nSPS) is 19.7. The molecule has 2 aliphatic rings. The Morgan fingerprint density at radius 1 is 0.935 bits per heavy atom. The number of benzene rings is 2. The number of amides is 2. The van der Waals surface area contributed by atoms with Crippen molar-refractivity contribution >= 4 is 21.8 Å². The monoisotopic (exact) mass is 445 g/mol. The molecule has 4 rings (SSSR count). The van der Waals surface area contributed by atoms with E-state index in [1.54, 1.807) is 9.80 Å². The molecule has 0 radical (unpaired) electrons. The van der Waals surface area contributed by atoms with Crippen LogP contribution in [0, 0.1) is 5.82 Å². The molecule has 0 bridgehead atoms. The fourth-order valence-corrected chi connectivity index (χ4v) is 5.71. The molecule has 1 atom stereocenters. The second-order valence-corrected chi connectivity index (χ2v) is 9.70. The van der Waals surface area contributed by atoms with E-state index in [-0.39, 0.29) is 42.9 Å². The first kappa shape index (κ1) is 21.5. The molecule has 9 heteroatoms. The molecule has 0 spiro atoms. The third-order valence-electron chi connectivity index (χ3n) is 5.94. The number of carbonyl (C=O) groups excluding carboxylic acids is 2. The Labute approximate surface area is 181 Å². The van der Waals surface area contributed by atoms with Gasteiger partial charge in [-0.2, -0.15) is 4.31 Å². The zero-order chi connectivity index (χ0) is 22.2. The van der Waals surface area contributed by atoms with Crippen LogP contribution >= 0.6 is 0 Å². The van der Waals surface area contributed by atoms with Crippen molar-refractivity contribution in [2.24, 2.45) is 0 Å². The fraction of sp³-hybridized carbons (Fsp3) is 0.364. The smallest absolute Gasteiger partial charge is 0.246 e. The van der Waals surface area contributed by atoms with Crippen LogP contribution < -0.4 is 0 Å². The summed E-state index contributed by atoms with van der Waals surface area (Å²) in [5.74, 6) is -1.15. The Morgan fingerprint density at radius 2 is 1.55 bits per heavy atom. The molecule has 2 aromatic rings. The largest absolute Gasteiger partial charge is 0.338 e. The minimum Gasteiger partial charge on any atom is -0.338 e. The van der Waals surface area contributed by atoms with Gasteiger partial charge >= 0.3 is 0 Å². The van der Waals surface area contributed by atoms with Gasteiger partial charge in [0.05, 0.1) is 0 Å². The van der Waals surface area contributed by atoms with E-state index in [2.05, 4.69) is 0 Å². The Hall–Kier alpha value is -2.78. The number of hydrogen-bond acceptors (Lipinski definition) is 4. The second-order valence-electron chi connectivity index (χ2n) is 7.80. The van der Waals surface area contributed by atoms with E-state index >= 15 is 0 Å². The topological polar surface area (TPSA) is 78.0 Å². The Morgan fingerprint density at radius 3 is 2.19 bits per heavy atom. The molecule has 1 saturated heterocycles. The van der Waals surface area contributed by atoms with Crippen LogP contribution in [0.4, 0.5) is 4.39 Å². The summed E-state index contributed by atoms with van der Waals surface area (Å²) in [5.41, 5.74) is 2.07. The van der Waals surface area contributed by atoms with Crippen molar-refractivity contribution in [1.29, 1.82) is 0 Å². The van der Waals surface area contributed by atoms with E-state index in [1.165, 1.54) is 29.4 Å². The Kier molecular flexibility index (Phi) is 5.81. The van der Waals surface area contributed by atoms with Gasteiger partial charge in [-0.05, 0) is 23.3 Å². The fourth-order valence-electron chi connectivity index (χ4n) is 4.23. The van der Waals surface area contributed by atoms with Gasteiger partial charge in [-0.15, -0.1) is 0 Å². The van der Waals surface area contributed by atoms with Crippen molar-refractivity contribution in [3.63, 3.8) is 0 Å². The summed E-state index contributed by atoms with van der Waals surface area (Å²) in [6.45, 7) is 2.36. The van der Waals surface area contributed by atoms with Crippen LogP contribution in [-0.2, 0) is 32.6 Å². The van der Waals surface area contributed by atoms with Crippen LogP contribution in [0.2, 0.25) is 0 Å². The number of fused-ring (bicyclic) bond motifs is 1. The number of piperazine rings is 1. The van der Waals surface area contributed by atoms with Crippen molar-refractivity contribution in [2.45, 2.75) is 30.8 Å². The highest BCUT2D eigenvalue weighted by Gasteiger charge is 2.38. The second kappa shape index (κ2) is 8.39. The average molecular weight is 446 g/mol. The lowest BCUT2D eigenvalue weighted by Gasteiger charge is -2.40. The SMILES string of the molecule is CC(=O)N1Cc2ccccc2C[C@H]1C(=O)N1CCN(S(=O)(=O)c2ccccc2F)CC1. The van der Waals surface area contributed by atoms with E-state index in [9.17, 15) is 22.4 Å². The third-order valence-corrected chi connectivity index (χ3v) is 7.87. The van der Waals surface area contributed by atoms with Gasteiger partial charge in [0.1, 0.15) is 16.8 Å². The van der Waals surface area contributed by atoms with Crippen LogP contribution in [0.5, 0.6) is 0 Å². The lowest BCUT2D eigenvalue weighted by Crippen LogP contribution is -2.57. The van der Waals surface area contributed by atoms with E-state index < -0.39 is 21.9 Å². The highest BCUT2D eigenvalue weighted by atomic mass is 32.2. The minimum atomic E-state index is -3.98. The van der Waals surface area contributed by atoms with E-state index in [0.717, 1.165) is 17.2 Å². The zero-order valence-corrected chi connectivity index (χ0v) is 18.0. The van der Waals surface area contributed by atoms with Crippen LogP contribution in [0.15, 0.2) is 53.4 Å². The predicted molar refractivity (Wildman–Crippen MR) is 112 cm³/mol. The summed E-state index contributed by atoms with van der Waals surface area (Å²) in [6.07, 6.45) is 0.433. The van der Waals surface area contributed by atoms with Gasteiger partial charge in [0.2, 0.25) is 21.8 Å². The number of hydrogen-bond donors (Lipinski definition) is 0. The molecular weight excluding hydrogens is 421 g/mol. The lowest BCUT2D eigenvalue weighted by atomic mass is 9.93. The van der Waals surface area contributed by atoms with Crippen molar-refractivity contribution in [3.8, 4) is 0 Å². The minimum absolute atomic E-state index is 0.0752. The maximum Gasteiger partial charge on any atom is 0.246 e. The van der Waals surface area contributed by atoms with Gasteiger partial charge < -0.3 is 9.80 Å². The first-order valence-electron chi connectivity index (χ1n) is 10.2. The predicted octanol–water partition coefficient (Wildman–Crippen LogP) is 1.63. The molecule has 2 aromatic carbocycles. The first-order valence-corrected chi connectivity index (χ1v) is 11.6. The van der Waals surface area contributed by atoms with E-state index in [4.69, 9.17) is 0 Å². The number of sulfonamides is 1. The maximum atomic E-state index is 14.0. The van der Waals surface area contributed by atoms with Crippen molar-refractivity contribution in [3.05, 3.63) is 65.5 Å². The van der Waals surface area contributed by atoms with Crippen molar-refractivity contribution in [2.75, 3.05) is 26.2 Å². The highest BCUT2D eigenvalue weighted by molar-refractivity contribution is 7.89. The Balaban J connectivity index is 1.48. The van der Waals surface area contributed by atoms with Crippen molar-refractivity contribution in [1.82, 2.24) is 14.1 Å². The first-order chi connectivity index (χ1) is 14.8. The van der Waals surface area contributed by atoms with E-state index in [0.29, 0.717) is 13.0 Å². The molecule has 0 N–H and O–H groups in total. The maximum absolute atomic E-state index is 14.0.